The maximum Gasteiger partial charge on any atom is 0.134 e. The third-order valence-electron chi connectivity index (χ3n) is 7.56. The van der Waals surface area contributed by atoms with E-state index in [1.807, 2.05) is 0 Å². The third kappa shape index (κ3) is 2.89. The van der Waals surface area contributed by atoms with Crippen molar-refractivity contribution in [3.8, 4) is 0 Å². The van der Waals surface area contributed by atoms with Gasteiger partial charge in [0.1, 0.15) is 5.57 Å². The van der Waals surface area contributed by atoms with Crippen molar-refractivity contribution in [1.29, 1.82) is 0 Å². The van der Waals surface area contributed by atoms with Gasteiger partial charge in [0.2, 0.25) is 0 Å². The molecule has 0 spiro atoms. The molecule has 1 aromatic heterocycles. The maximum absolute atomic E-state index is 5.39. The molecule has 0 saturated heterocycles. The first-order chi connectivity index (χ1) is 13.1. The molecule has 0 atom stereocenters. The van der Waals surface area contributed by atoms with Crippen LogP contribution in [0.15, 0.2) is 24.3 Å². The fourth-order valence-electron chi connectivity index (χ4n) is 7.58. The van der Waals surface area contributed by atoms with Crippen LogP contribution in [-0.2, 0) is 5.54 Å². The summed E-state index contributed by atoms with van der Waals surface area (Å²) in [5.74, 6) is 2.86. The number of benzene rings is 1. The smallest absolute Gasteiger partial charge is 0.134 e. The molecule has 0 N–H and O–H groups in total. The summed E-state index contributed by atoms with van der Waals surface area (Å²) in [7, 11) is -0.406. The van der Waals surface area contributed by atoms with Gasteiger partial charge < -0.3 is 4.57 Å². The molecule has 28 heavy (non-hydrogen) atoms. The summed E-state index contributed by atoms with van der Waals surface area (Å²) in [6, 6.07) is 8.98. The number of imidazole rings is 1. The number of aromatic nitrogens is 2. The number of fused-ring (bicyclic) bond motifs is 1. The molecule has 4 fully saturated rings. The Morgan fingerprint density at radius 2 is 1.36 bits per heavy atom. The van der Waals surface area contributed by atoms with E-state index in [2.05, 4.69) is 70.4 Å². The van der Waals surface area contributed by atoms with Crippen LogP contribution < -0.4 is 5.57 Å². The molecule has 0 radical (unpaired) electrons. The summed E-state index contributed by atoms with van der Waals surface area (Å²) in [5, 5.41) is 0.490. The lowest BCUT2D eigenvalue weighted by Gasteiger charge is -2.58. The standard InChI is InChI=1S/C25H37N2P/c1-23(2,3)28(24(4,5)6)22-26-20-9-7-8-10-21(20)27(22)25-14-17-11-18(15-25)13-19(12-17)16-25/h7-10,17-19H,11-16H2,1-6H3. The Morgan fingerprint density at radius 3 is 1.86 bits per heavy atom. The normalized spacial score (nSPS) is 32.6. The molecule has 2 nitrogen and oxygen atoms in total. The largest absolute Gasteiger partial charge is 0.318 e. The first-order valence-corrected chi connectivity index (χ1v) is 12.7. The van der Waals surface area contributed by atoms with E-state index >= 15 is 0 Å². The predicted molar refractivity (Wildman–Crippen MR) is 122 cm³/mol. The van der Waals surface area contributed by atoms with E-state index in [1.54, 1.807) is 0 Å². The lowest BCUT2D eigenvalue weighted by Crippen LogP contribution is -2.54. The highest BCUT2D eigenvalue weighted by molar-refractivity contribution is 7.68. The Kier molecular flexibility index (Phi) is 4.14. The van der Waals surface area contributed by atoms with Gasteiger partial charge in [-0.2, -0.15) is 0 Å². The second-order valence-corrected chi connectivity index (χ2v) is 15.8. The van der Waals surface area contributed by atoms with Crippen LogP contribution in [0.3, 0.4) is 0 Å². The van der Waals surface area contributed by atoms with Crippen molar-refractivity contribution in [2.45, 2.75) is 95.9 Å². The fraction of sp³-hybridized carbons (Fsp3) is 0.720. The average Bonchev–Trinajstić information content (AvgIpc) is 2.89. The van der Waals surface area contributed by atoms with Crippen molar-refractivity contribution < 1.29 is 0 Å². The van der Waals surface area contributed by atoms with E-state index in [0.29, 0.717) is 5.54 Å². The summed E-state index contributed by atoms with van der Waals surface area (Å²) in [6.45, 7) is 14.6. The first kappa shape index (κ1) is 19.1. The second-order valence-electron chi connectivity index (χ2n) is 12.1. The lowest BCUT2D eigenvalue weighted by atomic mass is 9.53. The van der Waals surface area contributed by atoms with Crippen LogP contribution in [0.2, 0.25) is 0 Å². The lowest BCUT2D eigenvalue weighted by molar-refractivity contribution is -0.0395. The van der Waals surface area contributed by atoms with Gasteiger partial charge in [-0.05, 0) is 86.6 Å². The molecule has 0 aliphatic heterocycles. The van der Waals surface area contributed by atoms with E-state index in [4.69, 9.17) is 4.98 Å². The molecule has 0 unspecified atom stereocenters. The Labute approximate surface area is 172 Å². The maximum atomic E-state index is 5.39. The topological polar surface area (TPSA) is 17.8 Å². The van der Waals surface area contributed by atoms with Gasteiger partial charge in [0.25, 0.3) is 0 Å². The molecular weight excluding hydrogens is 359 g/mol. The SMILES string of the molecule is CC(C)(C)P(c1nc2ccccc2n1C12CC3CC(CC(C3)C1)C2)C(C)(C)C. The number of nitrogens with zero attached hydrogens (tertiary/aromatic N) is 2. The van der Waals surface area contributed by atoms with Crippen molar-refractivity contribution in [3.63, 3.8) is 0 Å². The molecule has 4 bridgehead atoms. The monoisotopic (exact) mass is 396 g/mol. The molecule has 4 aliphatic rings. The fourth-order valence-corrected chi connectivity index (χ4v) is 11.5. The molecular formula is C25H37N2P. The molecule has 0 amide bonds. The van der Waals surface area contributed by atoms with Crippen molar-refractivity contribution in [3.05, 3.63) is 24.3 Å². The minimum Gasteiger partial charge on any atom is -0.318 e. The Hall–Kier alpha value is -0.880. The van der Waals surface area contributed by atoms with Gasteiger partial charge >= 0.3 is 0 Å². The van der Waals surface area contributed by atoms with Crippen LogP contribution in [0.4, 0.5) is 0 Å². The molecule has 152 valence electrons. The van der Waals surface area contributed by atoms with Crippen LogP contribution >= 0.6 is 7.92 Å². The molecule has 6 rings (SSSR count). The minimum absolute atomic E-state index is 0.245. The zero-order valence-electron chi connectivity index (χ0n) is 18.6. The van der Waals surface area contributed by atoms with Crippen molar-refractivity contribution in [2.75, 3.05) is 0 Å². The van der Waals surface area contributed by atoms with Crippen molar-refractivity contribution in [1.82, 2.24) is 9.55 Å². The molecule has 3 heteroatoms. The zero-order valence-corrected chi connectivity index (χ0v) is 19.5. The highest BCUT2D eigenvalue weighted by atomic mass is 31.1. The first-order valence-electron chi connectivity index (χ1n) is 11.4. The van der Waals surface area contributed by atoms with Gasteiger partial charge in [-0.1, -0.05) is 53.7 Å². The molecule has 1 heterocycles. The van der Waals surface area contributed by atoms with Crippen LogP contribution in [-0.4, -0.2) is 19.9 Å². The van der Waals surface area contributed by atoms with E-state index in [0.717, 1.165) is 17.8 Å². The van der Waals surface area contributed by atoms with Gasteiger partial charge in [0.05, 0.1) is 11.0 Å². The third-order valence-corrected chi connectivity index (χ3v) is 10.9. The molecule has 4 aliphatic carbocycles. The Bertz CT molecular complexity index is 846. The number of hydrogen-bond donors (Lipinski definition) is 0. The predicted octanol–water partition coefficient (Wildman–Crippen LogP) is 6.67. The Morgan fingerprint density at radius 1 is 0.857 bits per heavy atom. The van der Waals surface area contributed by atoms with Crippen molar-refractivity contribution in [2.24, 2.45) is 17.8 Å². The van der Waals surface area contributed by atoms with Gasteiger partial charge in [0, 0.05) is 5.54 Å². The van der Waals surface area contributed by atoms with E-state index in [9.17, 15) is 0 Å². The quantitative estimate of drug-likeness (QED) is 0.519. The Balaban J connectivity index is 1.76. The van der Waals surface area contributed by atoms with E-state index in [1.165, 1.54) is 55.1 Å². The van der Waals surface area contributed by atoms with Crippen LogP contribution in [0.25, 0.3) is 11.0 Å². The average molecular weight is 397 g/mol. The molecule has 1 aromatic carbocycles. The van der Waals surface area contributed by atoms with Crippen molar-refractivity contribution >= 4 is 24.5 Å². The summed E-state index contributed by atoms with van der Waals surface area (Å²) >= 11 is 0. The summed E-state index contributed by atoms with van der Waals surface area (Å²) in [6.07, 6.45) is 8.66. The van der Waals surface area contributed by atoms with Crippen LogP contribution in [0.5, 0.6) is 0 Å². The minimum atomic E-state index is -0.406. The van der Waals surface area contributed by atoms with Gasteiger partial charge in [0.15, 0.2) is 0 Å². The number of hydrogen-bond acceptors (Lipinski definition) is 1. The second kappa shape index (κ2) is 6.07. The zero-order chi connectivity index (χ0) is 19.9. The number of rotatable bonds is 2. The van der Waals surface area contributed by atoms with Gasteiger partial charge in [-0.15, -0.1) is 0 Å². The van der Waals surface area contributed by atoms with Gasteiger partial charge in [-0.3, -0.25) is 0 Å². The summed E-state index contributed by atoms with van der Waals surface area (Å²) in [5.41, 5.74) is 4.38. The molecule has 4 saturated carbocycles. The van der Waals surface area contributed by atoms with Crippen LogP contribution in [0, 0.1) is 17.8 Å². The van der Waals surface area contributed by atoms with Gasteiger partial charge in [-0.25, -0.2) is 4.98 Å². The summed E-state index contributed by atoms with van der Waals surface area (Å²) < 4.78 is 2.83. The number of para-hydroxylation sites is 2. The highest BCUT2D eigenvalue weighted by Gasteiger charge is 2.54. The van der Waals surface area contributed by atoms with E-state index < -0.39 is 7.92 Å². The summed E-state index contributed by atoms with van der Waals surface area (Å²) in [4.78, 5) is 5.39. The molecule has 2 aromatic rings. The highest BCUT2D eigenvalue weighted by Crippen LogP contribution is 2.62. The van der Waals surface area contributed by atoms with E-state index in [-0.39, 0.29) is 10.3 Å². The van der Waals surface area contributed by atoms with Crippen LogP contribution in [0.1, 0.15) is 80.1 Å².